The Balaban J connectivity index is 0.000000335. The number of anilines is 1. The lowest BCUT2D eigenvalue weighted by molar-refractivity contribution is -0.133. The van der Waals surface area contributed by atoms with Crippen molar-refractivity contribution in [2.24, 2.45) is 17.6 Å². The zero-order valence-electron chi connectivity index (χ0n) is 21.4. The minimum absolute atomic E-state index is 0.149. The molecule has 0 aromatic heterocycles. The van der Waals surface area contributed by atoms with Crippen LogP contribution in [-0.4, -0.2) is 37.0 Å². The summed E-state index contributed by atoms with van der Waals surface area (Å²) in [5.41, 5.74) is 10.2. The number of primary amides is 1. The first-order valence-corrected chi connectivity index (χ1v) is 11.5. The van der Waals surface area contributed by atoms with E-state index in [1.807, 2.05) is 45.0 Å². The fourth-order valence-corrected chi connectivity index (χ4v) is 4.03. The zero-order chi connectivity index (χ0) is 27.9. The van der Waals surface area contributed by atoms with Gasteiger partial charge in [0.25, 0.3) is 12.4 Å². The van der Waals surface area contributed by atoms with Crippen molar-refractivity contribution in [1.82, 2.24) is 5.32 Å². The molecule has 3 rings (SSSR count). The van der Waals surface area contributed by atoms with Crippen molar-refractivity contribution >= 4 is 35.3 Å². The molecular formula is C27H32F2N4O4. The summed E-state index contributed by atoms with van der Waals surface area (Å²) in [6, 6.07) is 14.4. The summed E-state index contributed by atoms with van der Waals surface area (Å²) >= 11 is 0. The molecule has 1 aliphatic rings. The predicted molar refractivity (Wildman–Crippen MR) is 138 cm³/mol. The van der Waals surface area contributed by atoms with Gasteiger partial charge in [-0.25, -0.2) is 8.78 Å². The summed E-state index contributed by atoms with van der Waals surface area (Å²) in [4.78, 5) is 32.9. The van der Waals surface area contributed by atoms with Gasteiger partial charge in [0.15, 0.2) is 0 Å². The van der Waals surface area contributed by atoms with Crippen LogP contribution >= 0.6 is 0 Å². The molecule has 3 atom stereocenters. The van der Waals surface area contributed by atoms with Crippen molar-refractivity contribution in [2.75, 3.05) is 12.4 Å². The Morgan fingerprint density at radius 2 is 1.70 bits per heavy atom. The molecule has 2 aromatic rings. The first-order chi connectivity index (χ1) is 17.4. The number of nitrogens with two attached hydrogens (primary N) is 1. The summed E-state index contributed by atoms with van der Waals surface area (Å²) in [6.45, 7) is 7.85. The van der Waals surface area contributed by atoms with Crippen LogP contribution < -0.4 is 16.4 Å². The SMILES string of the molecule is CN/C(C(C)=N)=C(/C)c1ccc(NC(=O)C2C(C(N)=O)C2(F)F)cc1.Cc1ccccc1C(C)OC=O. The molecule has 198 valence electrons. The van der Waals surface area contributed by atoms with E-state index in [-0.39, 0.29) is 6.10 Å². The fraction of sp³-hybridized carbons (Fsp3) is 0.333. The van der Waals surface area contributed by atoms with E-state index in [4.69, 9.17) is 15.9 Å². The second-order valence-electron chi connectivity index (χ2n) is 8.70. The summed E-state index contributed by atoms with van der Waals surface area (Å²) in [5.74, 6) is -8.96. The van der Waals surface area contributed by atoms with E-state index < -0.39 is 29.6 Å². The molecule has 0 heterocycles. The Morgan fingerprint density at radius 1 is 1.11 bits per heavy atom. The maximum atomic E-state index is 13.4. The van der Waals surface area contributed by atoms with Crippen LogP contribution in [0.4, 0.5) is 14.5 Å². The second-order valence-corrected chi connectivity index (χ2v) is 8.70. The predicted octanol–water partition coefficient (Wildman–Crippen LogP) is 4.21. The van der Waals surface area contributed by atoms with Crippen molar-refractivity contribution in [1.29, 1.82) is 5.41 Å². The highest BCUT2D eigenvalue weighted by molar-refractivity contribution is 6.03. The third kappa shape index (κ3) is 6.99. The standard InChI is InChI=1S/C17H20F2N4O2.C10H12O2/c1-8(14(22-3)9(2)20)10-4-6-11(7-5-10)23-16(25)13-12(15(21)24)17(13,18)19;1-8-5-3-4-6-10(8)9(2)12-7-11/h4-7,12-13,20,22H,1-3H3,(H2,21,24)(H,23,25);3-7,9H,1-2H3/b14-8-,20-9?;. The highest BCUT2D eigenvalue weighted by Crippen LogP contribution is 2.55. The number of ether oxygens (including phenoxy) is 1. The van der Waals surface area contributed by atoms with Crippen LogP contribution in [0.5, 0.6) is 0 Å². The van der Waals surface area contributed by atoms with Gasteiger partial charge in [0.05, 0.1) is 11.4 Å². The molecule has 10 heteroatoms. The topological polar surface area (TPSA) is 134 Å². The lowest BCUT2D eigenvalue weighted by Gasteiger charge is -2.12. The molecule has 3 unspecified atom stereocenters. The molecule has 37 heavy (non-hydrogen) atoms. The van der Waals surface area contributed by atoms with Crippen molar-refractivity contribution in [3.63, 3.8) is 0 Å². The number of alkyl halides is 2. The van der Waals surface area contributed by atoms with Gasteiger partial charge in [0, 0.05) is 12.7 Å². The fourth-order valence-electron chi connectivity index (χ4n) is 4.03. The van der Waals surface area contributed by atoms with Crippen LogP contribution in [0.25, 0.3) is 5.57 Å². The number of carbonyl (C=O) groups excluding carboxylic acids is 3. The molecule has 2 aromatic carbocycles. The van der Waals surface area contributed by atoms with Crippen LogP contribution in [0.2, 0.25) is 0 Å². The molecule has 2 amide bonds. The number of nitrogens with one attached hydrogen (secondary N) is 3. The number of amides is 2. The normalized spacial score (nSPS) is 18.7. The van der Waals surface area contributed by atoms with Crippen molar-refractivity contribution < 1.29 is 27.9 Å². The van der Waals surface area contributed by atoms with Crippen LogP contribution in [-0.2, 0) is 19.1 Å². The van der Waals surface area contributed by atoms with Gasteiger partial charge in [-0.15, -0.1) is 0 Å². The van der Waals surface area contributed by atoms with Gasteiger partial charge in [-0.2, -0.15) is 0 Å². The number of halogens is 2. The van der Waals surface area contributed by atoms with Crippen LogP contribution in [0, 0.1) is 24.2 Å². The number of hydrogen-bond acceptors (Lipinski definition) is 6. The molecule has 0 spiro atoms. The lowest BCUT2D eigenvalue weighted by atomic mass is 10.0. The first-order valence-electron chi connectivity index (χ1n) is 11.5. The van der Waals surface area contributed by atoms with Crippen molar-refractivity contribution in [3.8, 4) is 0 Å². The third-order valence-electron chi connectivity index (χ3n) is 6.11. The maximum Gasteiger partial charge on any atom is 0.293 e. The monoisotopic (exact) mass is 514 g/mol. The van der Waals surface area contributed by atoms with E-state index in [9.17, 15) is 23.2 Å². The van der Waals surface area contributed by atoms with Gasteiger partial charge < -0.3 is 26.5 Å². The summed E-state index contributed by atoms with van der Waals surface area (Å²) in [5, 5.41) is 13.1. The molecule has 0 saturated heterocycles. The van der Waals surface area contributed by atoms with Gasteiger partial charge in [0.2, 0.25) is 11.8 Å². The number of aryl methyl sites for hydroxylation is 1. The minimum Gasteiger partial charge on any atom is -0.460 e. The van der Waals surface area contributed by atoms with Crippen LogP contribution in [0.1, 0.15) is 43.6 Å². The van der Waals surface area contributed by atoms with E-state index in [0.29, 0.717) is 23.6 Å². The maximum absolute atomic E-state index is 13.4. The van der Waals surface area contributed by atoms with Crippen LogP contribution in [0.15, 0.2) is 54.2 Å². The highest BCUT2D eigenvalue weighted by atomic mass is 19.3. The molecule has 8 nitrogen and oxygen atoms in total. The van der Waals surface area contributed by atoms with E-state index in [2.05, 4.69) is 10.6 Å². The van der Waals surface area contributed by atoms with Gasteiger partial charge in [0.1, 0.15) is 17.9 Å². The molecule has 0 aliphatic heterocycles. The van der Waals surface area contributed by atoms with E-state index in [0.717, 1.165) is 22.3 Å². The number of allylic oxidation sites excluding steroid dienone is 2. The quantitative estimate of drug-likeness (QED) is 0.294. The molecular weight excluding hydrogens is 482 g/mol. The van der Waals surface area contributed by atoms with Gasteiger partial charge in [-0.3, -0.25) is 14.4 Å². The molecule has 1 aliphatic carbocycles. The number of carbonyl (C=O) groups is 3. The largest absolute Gasteiger partial charge is 0.460 e. The summed E-state index contributed by atoms with van der Waals surface area (Å²) in [7, 11) is 1.72. The Bertz CT molecular complexity index is 1200. The minimum atomic E-state index is -3.39. The molecule has 0 bridgehead atoms. The van der Waals surface area contributed by atoms with Crippen molar-refractivity contribution in [3.05, 3.63) is 70.9 Å². The van der Waals surface area contributed by atoms with Crippen molar-refractivity contribution in [2.45, 2.75) is 39.7 Å². The number of benzene rings is 2. The smallest absolute Gasteiger partial charge is 0.293 e. The third-order valence-corrected chi connectivity index (χ3v) is 6.11. The molecule has 1 saturated carbocycles. The van der Waals surface area contributed by atoms with Gasteiger partial charge in [-0.1, -0.05) is 36.4 Å². The summed E-state index contributed by atoms with van der Waals surface area (Å²) < 4.78 is 31.7. The van der Waals surface area contributed by atoms with Crippen LogP contribution in [0.3, 0.4) is 0 Å². The van der Waals surface area contributed by atoms with E-state index in [1.54, 1.807) is 38.2 Å². The van der Waals surface area contributed by atoms with Gasteiger partial charge >= 0.3 is 0 Å². The molecule has 1 fully saturated rings. The number of hydrogen-bond donors (Lipinski definition) is 4. The zero-order valence-corrected chi connectivity index (χ0v) is 21.4. The summed E-state index contributed by atoms with van der Waals surface area (Å²) in [6.07, 6.45) is -0.149. The first kappa shape index (κ1) is 29.2. The Kier molecular flexibility index (Phi) is 9.65. The number of rotatable bonds is 9. The Morgan fingerprint density at radius 3 is 2.16 bits per heavy atom. The average Bonchev–Trinajstić information content (AvgIpc) is 3.43. The second kappa shape index (κ2) is 12.2. The Hall–Kier alpha value is -4.08. The Labute approximate surface area is 214 Å². The lowest BCUT2D eigenvalue weighted by Crippen LogP contribution is -2.20. The average molecular weight is 515 g/mol. The van der Waals surface area contributed by atoms with E-state index >= 15 is 0 Å². The van der Waals surface area contributed by atoms with E-state index in [1.165, 1.54) is 0 Å². The van der Waals surface area contributed by atoms with Gasteiger partial charge in [-0.05, 0) is 62.1 Å². The molecule has 0 radical (unpaired) electrons. The highest BCUT2D eigenvalue weighted by Gasteiger charge is 2.74. The molecule has 5 N–H and O–H groups in total.